The number of esters is 1. The molecule has 0 bridgehead atoms. The number of allylic oxidation sites excluding steroid dienone is 2. The third-order valence-electron chi connectivity index (χ3n) is 2.17. The second-order valence-electron chi connectivity index (χ2n) is 3.76. The molecule has 0 N–H and O–H groups in total. The lowest BCUT2D eigenvalue weighted by molar-refractivity contribution is -0.140. The lowest BCUT2D eigenvalue weighted by atomic mass is 9.94. The smallest absolute Gasteiger partial charge is 0.305 e. The summed E-state index contributed by atoms with van der Waals surface area (Å²) in [6.45, 7) is 8.48. The van der Waals surface area contributed by atoms with Crippen LogP contribution in [0.15, 0.2) is 11.1 Å². The van der Waals surface area contributed by atoms with Crippen LogP contribution in [-0.2, 0) is 9.53 Å². The van der Waals surface area contributed by atoms with Crippen molar-refractivity contribution in [1.29, 1.82) is 0 Å². The Kier molecular flexibility index (Phi) is 5.44. The van der Waals surface area contributed by atoms with Gasteiger partial charge in [-0.25, -0.2) is 0 Å². The van der Waals surface area contributed by atoms with Crippen molar-refractivity contribution in [3.8, 4) is 0 Å². The summed E-state index contributed by atoms with van der Waals surface area (Å²) in [7, 11) is 1.43. The van der Waals surface area contributed by atoms with Gasteiger partial charge in [-0.15, -0.1) is 0 Å². The lowest BCUT2D eigenvalue weighted by Gasteiger charge is -2.12. The Morgan fingerprint density at radius 3 is 2.08 bits per heavy atom. The molecule has 0 aliphatic carbocycles. The summed E-state index contributed by atoms with van der Waals surface area (Å²) >= 11 is 0. The number of methoxy groups -OCH3 is 1. The first-order valence-corrected chi connectivity index (χ1v) is 4.72. The average Bonchev–Trinajstić information content (AvgIpc) is 2.03. The van der Waals surface area contributed by atoms with E-state index < -0.39 is 0 Å². The first-order valence-electron chi connectivity index (χ1n) is 4.72. The summed E-state index contributed by atoms with van der Waals surface area (Å²) in [5.74, 6) is 0.397. The maximum atomic E-state index is 10.9. The average molecular weight is 184 g/mol. The zero-order chi connectivity index (χ0) is 10.4. The molecule has 0 aromatic heterocycles. The van der Waals surface area contributed by atoms with Crippen LogP contribution in [0.3, 0.4) is 0 Å². The van der Waals surface area contributed by atoms with Gasteiger partial charge in [-0.3, -0.25) is 4.79 Å². The Balaban J connectivity index is 4.15. The molecule has 0 aliphatic heterocycles. The minimum atomic E-state index is -0.126. The van der Waals surface area contributed by atoms with Gasteiger partial charge in [-0.1, -0.05) is 25.0 Å². The van der Waals surface area contributed by atoms with Crippen molar-refractivity contribution in [3.05, 3.63) is 11.1 Å². The van der Waals surface area contributed by atoms with E-state index >= 15 is 0 Å². The zero-order valence-corrected chi connectivity index (χ0v) is 9.31. The predicted molar refractivity (Wildman–Crippen MR) is 54.5 cm³/mol. The van der Waals surface area contributed by atoms with Crippen LogP contribution in [0.25, 0.3) is 0 Å². The molecule has 0 amide bonds. The molecule has 0 saturated heterocycles. The molecule has 0 fully saturated rings. The predicted octanol–water partition coefficient (Wildman–Crippen LogP) is 2.93. The Bertz CT molecular complexity index is 198. The third kappa shape index (κ3) is 4.71. The molecule has 0 atom stereocenters. The summed E-state index contributed by atoms with van der Waals surface area (Å²) in [6.07, 6.45) is 1.32. The molecule has 0 heterocycles. The van der Waals surface area contributed by atoms with Crippen molar-refractivity contribution in [1.82, 2.24) is 0 Å². The van der Waals surface area contributed by atoms with Crippen LogP contribution in [0.5, 0.6) is 0 Å². The van der Waals surface area contributed by atoms with E-state index in [1.165, 1.54) is 18.3 Å². The Labute approximate surface area is 81.0 Å². The number of ether oxygens (including phenoxy) is 1. The van der Waals surface area contributed by atoms with Crippen molar-refractivity contribution in [2.45, 2.75) is 40.5 Å². The zero-order valence-electron chi connectivity index (χ0n) is 9.31. The van der Waals surface area contributed by atoms with E-state index in [-0.39, 0.29) is 5.97 Å². The molecule has 0 rings (SSSR count). The highest BCUT2D eigenvalue weighted by Crippen LogP contribution is 2.20. The second-order valence-corrected chi connectivity index (χ2v) is 3.76. The van der Waals surface area contributed by atoms with Gasteiger partial charge in [-0.05, 0) is 26.2 Å². The van der Waals surface area contributed by atoms with Crippen LogP contribution in [0.4, 0.5) is 0 Å². The van der Waals surface area contributed by atoms with Gasteiger partial charge in [-0.2, -0.15) is 0 Å². The maximum absolute atomic E-state index is 10.9. The quantitative estimate of drug-likeness (QED) is 0.496. The number of rotatable bonds is 4. The van der Waals surface area contributed by atoms with Crippen molar-refractivity contribution < 1.29 is 9.53 Å². The van der Waals surface area contributed by atoms with Crippen LogP contribution in [-0.4, -0.2) is 13.1 Å². The molecule has 76 valence electrons. The fraction of sp³-hybridized carbons (Fsp3) is 0.727. The molecule has 13 heavy (non-hydrogen) atoms. The minimum Gasteiger partial charge on any atom is -0.469 e. The highest BCUT2D eigenvalue weighted by molar-refractivity contribution is 5.69. The number of hydrogen-bond donors (Lipinski definition) is 0. The van der Waals surface area contributed by atoms with Gasteiger partial charge in [0.05, 0.1) is 7.11 Å². The molecule has 2 nitrogen and oxygen atoms in total. The number of hydrogen-bond acceptors (Lipinski definition) is 2. The topological polar surface area (TPSA) is 26.3 Å². The van der Waals surface area contributed by atoms with E-state index in [0.29, 0.717) is 12.3 Å². The SMILES string of the molecule is COC(=O)CCC(=C(C)C)C(C)C. The molecule has 2 heteroatoms. The monoisotopic (exact) mass is 184 g/mol. The molecule has 0 saturated carbocycles. The van der Waals surface area contributed by atoms with Gasteiger partial charge in [0.1, 0.15) is 0 Å². The van der Waals surface area contributed by atoms with E-state index in [0.717, 1.165) is 6.42 Å². The highest BCUT2D eigenvalue weighted by atomic mass is 16.5. The normalized spacial score (nSPS) is 10.0. The Morgan fingerprint density at radius 2 is 1.77 bits per heavy atom. The largest absolute Gasteiger partial charge is 0.469 e. The Morgan fingerprint density at radius 1 is 1.23 bits per heavy atom. The fourth-order valence-electron chi connectivity index (χ4n) is 1.45. The Hall–Kier alpha value is -0.790. The van der Waals surface area contributed by atoms with Crippen molar-refractivity contribution >= 4 is 5.97 Å². The maximum Gasteiger partial charge on any atom is 0.305 e. The van der Waals surface area contributed by atoms with Gasteiger partial charge in [0, 0.05) is 6.42 Å². The summed E-state index contributed by atoms with van der Waals surface area (Å²) in [5.41, 5.74) is 2.68. The molecular weight excluding hydrogens is 164 g/mol. The summed E-state index contributed by atoms with van der Waals surface area (Å²) in [5, 5.41) is 0. The molecule has 0 radical (unpaired) electrons. The second kappa shape index (κ2) is 5.79. The first kappa shape index (κ1) is 12.2. The van der Waals surface area contributed by atoms with Crippen LogP contribution in [0.1, 0.15) is 40.5 Å². The van der Waals surface area contributed by atoms with E-state index in [1.54, 1.807) is 0 Å². The number of carbonyl (C=O) groups excluding carboxylic acids is 1. The van der Waals surface area contributed by atoms with Crippen LogP contribution in [0, 0.1) is 5.92 Å². The van der Waals surface area contributed by atoms with E-state index in [2.05, 4.69) is 32.4 Å². The molecular formula is C11H20O2. The van der Waals surface area contributed by atoms with Crippen LogP contribution >= 0.6 is 0 Å². The summed E-state index contributed by atoms with van der Waals surface area (Å²) < 4.78 is 4.60. The first-order chi connectivity index (χ1) is 5.99. The van der Waals surface area contributed by atoms with Gasteiger partial charge in [0.25, 0.3) is 0 Å². The fourth-order valence-corrected chi connectivity index (χ4v) is 1.45. The molecule has 0 unspecified atom stereocenters. The van der Waals surface area contributed by atoms with Gasteiger partial charge >= 0.3 is 5.97 Å². The highest BCUT2D eigenvalue weighted by Gasteiger charge is 2.08. The van der Waals surface area contributed by atoms with E-state index in [4.69, 9.17) is 0 Å². The van der Waals surface area contributed by atoms with E-state index in [1.807, 2.05) is 0 Å². The molecule has 0 aliphatic rings. The number of carbonyl (C=O) groups is 1. The molecule has 0 aromatic rings. The lowest BCUT2D eigenvalue weighted by Crippen LogP contribution is -2.04. The standard InChI is InChI=1S/C11H20O2/c1-8(2)10(9(3)4)6-7-11(12)13-5/h8H,6-7H2,1-5H3. The van der Waals surface area contributed by atoms with Crippen molar-refractivity contribution in [3.63, 3.8) is 0 Å². The molecule has 0 aromatic carbocycles. The summed E-state index contributed by atoms with van der Waals surface area (Å²) in [4.78, 5) is 10.9. The summed E-state index contributed by atoms with van der Waals surface area (Å²) in [6, 6.07) is 0. The third-order valence-corrected chi connectivity index (χ3v) is 2.17. The van der Waals surface area contributed by atoms with Gasteiger partial charge < -0.3 is 4.74 Å². The van der Waals surface area contributed by atoms with Crippen LogP contribution < -0.4 is 0 Å². The van der Waals surface area contributed by atoms with E-state index in [9.17, 15) is 4.79 Å². The van der Waals surface area contributed by atoms with Gasteiger partial charge in [0.15, 0.2) is 0 Å². The van der Waals surface area contributed by atoms with Crippen molar-refractivity contribution in [2.24, 2.45) is 5.92 Å². The van der Waals surface area contributed by atoms with Crippen molar-refractivity contribution in [2.75, 3.05) is 7.11 Å². The molecule has 0 spiro atoms. The minimum absolute atomic E-state index is 0.126. The van der Waals surface area contributed by atoms with Crippen LogP contribution in [0.2, 0.25) is 0 Å². The van der Waals surface area contributed by atoms with Gasteiger partial charge in [0.2, 0.25) is 0 Å².